The highest BCUT2D eigenvalue weighted by molar-refractivity contribution is 7.98. The van der Waals surface area contributed by atoms with Crippen molar-refractivity contribution in [2.24, 2.45) is 5.92 Å². The molecule has 1 N–H and O–H groups in total. The standard InChI is InChI=1S/C16H23N3S/c1-12-7-8-14(11-17)15(19-12)9-10-16(20-18-2)13-5-3-4-6-13/h7-8,13,16,18H,3-6,9-10H2,1-2H3. The molecule has 0 saturated heterocycles. The Morgan fingerprint density at radius 1 is 1.45 bits per heavy atom. The second kappa shape index (κ2) is 7.66. The average molecular weight is 289 g/mol. The van der Waals surface area contributed by atoms with Gasteiger partial charge in [-0.2, -0.15) is 5.26 Å². The Morgan fingerprint density at radius 2 is 2.20 bits per heavy atom. The second-order valence-corrected chi connectivity index (χ2v) is 6.75. The highest BCUT2D eigenvalue weighted by atomic mass is 32.2. The van der Waals surface area contributed by atoms with E-state index < -0.39 is 0 Å². The van der Waals surface area contributed by atoms with Gasteiger partial charge in [0.2, 0.25) is 0 Å². The molecule has 0 amide bonds. The Hall–Kier alpha value is -1.05. The number of rotatable bonds is 6. The molecule has 20 heavy (non-hydrogen) atoms. The van der Waals surface area contributed by atoms with E-state index in [0.29, 0.717) is 5.25 Å². The van der Waals surface area contributed by atoms with Crippen LogP contribution in [0.1, 0.15) is 49.1 Å². The molecule has 1 aliphatic carbocycles. The summed E-state index contributed by atoms with van der Waals surface area (Å²) in [5.74, 6) is 0.822. The van der Waals surface area contributed by atoms with Gasteiger partial charge in [0, 0.05) is 10.9 Å². The molecule has 1 saturated carbocycles. The van der Waals surface area contributed by atoms with Gasteiger partial charge in [0.1, 0.15) is 6.07 Å². The number of nitriles is 1. The van der Waals surface area contributed by atoms with Gasteiger partial charge >= 0.3 is 0 Å². The average Bonchev–Trinajstić information content (AvgIpc) is 2.97. The molecule has 0 aliphatic heterocycles. The minimum absolute atomic E-state index is 0.636. The molecule has 0 radical (unpaired) electrons. The molecular weight excluding hydrogens is 266 g/mol. The molecule has 0 spiro atoms. The van der Waals surface area contributed by atoms with Crippen molar-refractivity contribution in [3.05, 3.63) is 29.1 Å². The smallest absolute Gasteiger partial charge is 0.101 e. The lowest BCUT2D eigenvalue weighted by Gasteiger charge is -2.22. The molecule has 1 aromatic heterocycles. The van der Waals surface area contributed by atoms with Crippen molar-refractivity contribution in [1.29, 1.82) is 5.26 Å². The van der Waals surface area contributed by atoms with Crippen LogP contribution in [0.25, 0.3) is 0 Å². The lowest BCUT2D eigenvalue weighted by molar-refractivity contribution is 0.496. The van der Waals surface area contributed by atoms with E-state index in [1.165, 1.54) is 25.7 Å². The molecule has 2 rings (SSSR count). The normalized spacial score (nSPS) is 17.1. The molecule has 0 aromatic carbocycles. The predicted molar refractivity (Wildman–Crippen MR) is 84.4 cm³/mol. The quantitative estimate of drug-likeness (QED) is 0.813. The molecule has 1 aromatic rings. The summed E-state index contributed by atoms with van der Waals surface area (Å²) in [7, 11) is 2.00. The fraction of sp³-hybridized carbons (Fsp3) is 0.625. The molecule has 1 aliphatic rings. The maximum Gasteiger partial charge on any atom is 0.101 e. The van der Waals surface area contributed by atoms with Crippen LogP contribution in [0.5, 0.6) is 0 Å². The number of hydrogen-bond acceptors (Lipinski definition) is 4. The first-order valence-electron chi connectivity index (χ1n) is 7.43. The Bertz CT molecular complexity index is 475. The van der Waals surface area contributed by atoms with E-state index in [1.807, 2.05) is 38.1 Å². The van der Waals surface area contributed by atoms with E-state index in [4.69, 9.17) is 0 Å². The fourth-order valence-corrected chi connectivity index (χ4v) is 4.06. The lowest BCUT2D eigenvalue weighted by atomic mass is 9.98. The van der Waals surface area contributed by atoms with Gasteiger partial charge in [-0.15, -0.1) is 0 Å². The summed E-state index contributed by atoms with van der Waals surface area (Å²) in [6.45, 7) is 1.99. The summed E-state index contributed by atoms with van der Waals surface area (Å²) in [5.41, 5.74) is 2.69. The Morgan fingerprint density at radius 3 is 2.85 bits per heavy atom. The van der Waals surface area contributed by atoms with Crippen LogP contribution >= 0.6 is 11.9 Å². The SMILES string of the molecule is CNSC(CCc1nc(C)ccc1C#N)C1CCCC1. The maximum atomic E-state index is 9.18. The molecule has 0 bridgehead atoms. The summed E-state index contributed by atoms with van der Waals surface area (Å²) in [5, 5.41) is 9.82. The summed E-state index contributed by atoms with van der Waals surface area (Å²) >= 11 is 1.85. The number of aryl methyl sites for hydroxylation is 2. The van der Waals surface area contributed by atoms with Crippen LogP contribution in [-0.2, 0) is 6.42 Å². The fourth-order valence-electron chi connectivity index (χ4n) is 3.05. The third kappa shape index (κ3) is 3.97. The van der Waals surface area contributed by atoms with Crippen LogP contribution in [0.15, 0.2) is 12.1 Å². The minimum Gasteiger partial charge on any atom is -0.267 e. The second-order valence-electron chi connectivity index (χ2n) is 5.50. The molecular formula is C16H23N3S. The number of aromatic nitrogens is 1. The Balaban J connectivity index is 2.01. The largest absolute Gasteiger partial charge is 0.267 e. The van der Waals surface area contributed by atoms with E-state index in [0.717, 1.165) is 35.7 Å². The molecule has 3 nitrogen and oxygen atoms in total. The zero-order valence-corrected chi connectivity index (χ0v) is 13.2. The number of nitrogens with zero attached hydrogens (tertiary/aromatic N) is 2. The van der Waals surface area contributed by atoms with E-state index >= 15 is 0 Å². The predicted octanol–water partition coefficient (Wildman–Crippen LogP) is 3.62. The lowest BCUT2D eigenvalue weighted by Crippen LogP contribution is -2.19. The van der Waals surface area contributed by atoms with E-state index in [2.05, 4.69) is 15.8 Å². The minimum atomic E-state index is 0.636. The Kier molecular flexibility index (Phi) is 5.87. The third-order valence-corrected chi connectivity index (χ3v) is 5.25. The zero-order chi connectivity index (χ0) is 14.4. The van der Waals surface area contributed by atoms with Crippen LogP contribution in [-0.4, -0.2) is 17.3 Å². The number of nitrogens with one attached hydrogen (secondary N) is 1. The van der Waals surface area contributed by atoms with Crippen molar-refractivity contribution in [3.8, 4) is 6.07 Å². The summed E-state index contributed by atoms with van der Waals surface area (Å²) in [6.07, 6.45) is 7.45. The summed E-state index contributed by atoms with van der Waals surface area (Å²) in [6, 6.07) is 6.07. The van der Waals surface area contributed by atoms with Crippen molar-refractivity contribution < 1.29 is 0 Å². The topological polar surface area (TPSA) is 48.7 Å². The van der Waals surface area contributed by atoms with Gasteiger partial charge in [0.05, 0.1) is 11.3 Å². The van der Waals surface area contributed by atoms with Gasteiger partial charge in [0.25, 0.3) is 0 Å². The van der Waals surface area contributed by atoms with Crippen LogP contribution in [0.4, 0.5) is 0 Å². The van der Waals surface area contributed by atoms with Crippen molar-refractivity contribution in [1.82, 2.24) is 9.71 Å². The molecule has 4 heteroatoms. The highest BCUT2D eigenvalue weighted by Crippen LogP contribution is 2.35. The van der Waals surface area contributed by atoms with Crippen LogP contribution in [0, 0.1) is 24.2 Å². The van der Waals surface area contributed by atoms with Crippen LogP contribution < -0.4 is 4.72 Å². The first kappa shape index (κ1) is 15.3. The number of hydrogen-bond donors (Lipinski definition) is 1. The first-order valence-corrected chi connectivity index (χ1v) is 8.31. The number of pyridine rings is 1. The monoisotopic (exact) mass is 289 g/mol. The van der Waals surface area contributed by atoms with Gasteiger partial charge < -0.3 is 0 Å². The van der Waals surface area contributed by atoms with Crippen LogP contribution in [0.2, 0.25) is 0 Å². The van der Waals surface area contributed by atoms with E-state index in [9.17, 15) is 5.26 Å². The van der Waals surface area contributed by atoms with Crippen molar-refractivity contribution >= 4 is 11.9 Å². The molecule has 1 heterocycles. The zero-order valence-electron chi connectivity index (χ0n) is 12.4. The van der Waals surface area contributed by atoms with Crippen molar-refractivity contribution in [3.63, 3.8) is 0 Å². The van der Waals surface area contributed by atoms with E-state index in [-0.39, 0.29) is 0 Å². The van der Waals surface area contributed by atoms with E-state index in [1.54, 1.807) is 0 Å². The molecule has 1 fully saturated rings. The van der Waals surface area contributed by atoms with Gasteiger partial charge in [0.15, 0.2) is 0 Å². The molecule has 1 atom stereocenters. The first-order chi connectivity index (χ1) is 9.74. The van der Waals surface area contributed by atoms with Gasteiger partial charge in [-0.25, -0.2) is 0 Å². The molecule has 108 valence electrons. The van der Waals surface area contributed by atoms with Crippen molar-refractivity contribution in [2.75, 3.05) is 7.05 Å². The van der Waals surface area contributed by atoms with Crippen LogP contribution in [0.3, 0.4) is 0 Å². The van der Waals surface area contributed by atoms with Gasteiger partial charge in [-0.1, -0.05) is 24.8 Å². The van der Waals surface area contributed by atoms with Crippen molar-refractivity contribution in [2.45, 2.75) is 50.7 Å². The van der Waals surface area contributed by atoms with Gasteiger partial charge in [-0.3, -0.25) is 9.71 Å². The third-order valence-electron chi connectivity index (χ3n) is 4.09. The summed E-state index contributed by atoms with van der Waals surface area (Å²) in [4.78, 5) is 4.55. The molecule has 1 unspecified atom stereocenters. The maximum absolute atomic E-state index is 9.18. The highest BCUT2D eigenvalue weighted by Gasteiger charge is 2.25. The summed E-state index contributed by atoms with van der Waals surface area (Å²) < 4.78 is 3.25. The Labute approximate surface area is 126 Å². The van der Waals surface area contributed by atoms with Gasteiger partial charge in [-0.05, 0) is 57.7 Å².